The van der Waals surface area contributed by atoms with Gasteiger partial charge in [-0.25, -0.2) is 0 Å². The van der Waals surface area contributed by atoms with E-state index in [0.717, 1.165) is 56.3 Å². The fraction of sp³-hybridized carbons (Fsp3) is 0.452. The second kappa shape index (κ2) is 41.4. The topological polar surface area (TPSA) is 194 Å². The van der Waals surface area contributed by atoms with E-state index in [1.54, 1.807) is 12.4 Å². The molecule has 0 amide bonds. The maximum absolute atomic E-state index is 11.1. The van der Waals surface area contributed by atoms with Gasteiger partial charge in [-0.3, -0.25) is 9.97 Å². The average molecular weight is 1320 g/mol. The van der Waals surface area contributed by atoms with Crippen LogP contribution in [0.2, 0.25) is 0 Å². The van der Waals surface area contributed by atoms with Crippen molar-refractivity contribution in [3.05, 3.63) is 128 Å². The van der Waals surface area contributed by atoms with E-state index >= 15 is 0 Å². The van der Waals surface area contributed by atoms with Crippen molar-refractivity contribution in [3.63, 3.8) is 0 Å². The van der Waals surface area contributed by atoms with Gasteiger partial charge in [0.15, 0.2) is 0 Å². The van der Waals surface area contributed by atoms with Crippen molar-refractivity contribution >= 4 is 0 Å². The molecule has 2 aromatic heterocycles. The number of phenols is 1. The number of nitrogens with zero attached hydrogens (tertiary/aromatic N) is 2. The molecule has 0 saturated carbocycles. The number of rotatable bonds is 0. The Hall–Kier alpha value is -5.61. The molecule has 0 saturated heterocycles. The van der Waals surface area contributed by atoms with Gasteiger partial charge in [-0.1, -0.05) is 65.7 Å². The van der Waals surface area contributed by atoms with E-state index in [-0.39, 0.29) is 26.8 Å². The number of aromatic nitrogens is 2. The number of para-hydroxylation sites is 1. The summed E-state index contributed by atoms with van der Waals surface area (Å²) in [7, 11) is 0. The third kappa shape index (κ3) is 25.9. The van der Waals surface area contributed by atoms with Gasteiger partial charge < -0.3 is 80.9 Å². The Bertz CT molecular complexity index is 2400. The van der Waals surface area contributed by atoms with Gasteiger partial charge in [0.25, 0.3) is 0 Å². The van der Waals surface area contributed by atoms with Crippen molar-refractivity contribution in [2.45, 2.75) is 0 Å². The first kappa shape index (κ1) is 65.5. The number of phenolic OH excluding ortho intramolecular Hbond substituents is 1. The van der Waals surface area contributed by atoms with Crippen LogP contribution in [-0.2, 0) is 77.9 Å². The normalized spacial score (nSPS) is 17.6. The molecule has 0 atom stereocenters. The minimum Gasteiger partial charge on any atom is -0.507 e. The van der Waals surface area contributed by atoms with Crippen LogP contribution in [0.15, 0.2) is 122 Å². The van der Waals surface area contributed by atoms with Crippen LogP contribution in [0.25, 0.3) is 44.8 Å². The largest absolute Gasteiger partial charge is 0.507 e. The first-order valence-electron chi connectivity index (χ1n) is 27.6. The van der Waals surface area contributed by atoms with Crippen LogP contribution in [0.5, 0.6) is 28.7 Å². The molecule has 1 N–H and O–H groups in total. The fourth-order valence-electron chi connectivity index (χ4n) is 7.77. The van der Waals surface area contributed by atoms with Gasteiger partial charge in [-0.05, 0) is 47.5 Å². The standard InChI is InChI=1S/C32H40O9.C30H37N2O8.Pt/c33-32-30-2-1-3-31(32)27-6-10-29(11-7-27)41-25-23-39-21-19-37-17-15-35-13-12-34-14-16-36-18-20-38-22-24-40-28-8-4-26(30)5-9-28;1-2-25-22-26(3-1)30-7-5-28(24-32-30)40-21-19-38-17-15-36-13-11-34-9-8-33-10-12-35-14-16-37-18-20-39-27-4-6-29(25)31-23-27;/h1-11,33H,12-25H2;1-7,23-24H,8-21H2;/q;-1;. The molecule has 8 heterocycles. The van der Waals surface area contributed by atoms with E-state index in [1.807, 2.05) is 109 Å². The second-order valence-corrected chi connectivity index (χ2v) is 17.7. The molecule has 12 bridgehead atoms. The summed E-state index contributed by atoms with van der Waals surface area (Å²) in [6.45, 7) is 13.6. The van der Waals surface area contributed by atoms with Gasteiger partial charge in [-0.2, -0.15) is 0 Å². The Morgan fingerprint density at radius 3 is 0.793 bits per heavy atom. The predicted molar refractivity (Wildman–Crippen MR) is 303 cm³/mol. The minimum absolute atomic E-state index is 0. The number of pyridine rings is 2. The van der Waals surface area contributed by atoms with E-state index < -0.39 is 0 Å². The van der Waals surface area contributed by atoms with Crippen LogP contribution < -0.4 is 18.9 Å². The molecule has 12 rings (SSSR count). The third-order valence-corrected chi connectivity index (χ3v) is 11.9. The monoisotopic (exact) mass is 1320 g/mol. The fourth-order valence-corrected chi connectivity index (χ4v) is 7.77. The van der Waals surface area contributed by atoms with Gasteiger partial charge in [0, 0.05) is 43.6 Å². The summed E-state index contributed by atoms with van der Waals surface area (Å²) < 4.78 is 89.3. The molecule has 0 aliphatic carbocycles. The number of fused-ring (bicyclic) bond motifs is 4. The van der Waals surface area contributed by atoms with Crippen molar-refractivity contribution in [3.8, 4) is 73.5 Å². The molecular weight excluding hydrogens is 1240 g/mol. The van der Waals surface area contributed by atoms with Gasteiger partial charge in [0.1, 0.15) is 55.2 Å². The molecule has 19 nitrogen and oxygen atoms in total. The summed E-state index contributed by atoms with van der Waals surface area (Å²) in [5, 5.41) is 11.1. The molecule has 0 radical (unpaired) electrons. The van der Waals surface area contributed by atoms with Crippen molar-refractivity contribution < 1.29 is 102 Å². The summed E-state index contributed by atoms with van der Waals surface area (Å²) in [4.78, 5) is 9.08. The Kier molecular flexibility index (Phi) is 33.1. The van der Waals surface area contributed by atoms with Crippen molar-refractivity contribution in [1.29, 1.82) is 0 Å². The molecule has 6 aliphatic heterocycles. The minimum atomic E-state index is 0. The molecular formula is C62H77N2O17Pt-. The Morgan fingerprint density at radius 1 is 0.280 bits per heavy atom. The quantitative estimate of drug-likeness (QED) is 0.143. The molecule has 0 fully saturated rings. The number of hydrogen-bond acceptors (Lipinski definition) is 19. The summed E-state index contributed by atoms with van der Waals surface area (Å²) in [6, 6.07) is 38.0. The van der Waals surface area contributed by atoms with E-state index in [0.29, 0.717) is 196 Å². The second-order valence-electron chi connectivity index (χ2n) is 17.7. The zero-order valence-corrected chi connectivity index (χ0v) is 48.8. The summed E-state index contributed by atoms with van der Waals surface area (Å²) in [6.07, 6.45) is 3.41. The first-order chi connectivity index (χ1) is 40.2. The molecule has 82 heavy (non-hydrogen) atoms. The van der Waals surface area contributed by atoms with Crippen molar-refractivity contribution in [2.24, 2.45) is 0 Å². The number of ether oxygens (including phenoxy) is 16. The number of benzene rings is 4. The molecule has 6 aromatic rings. The predicted octanol–water partition coefficient (Wildman–Crippen LogP) is 8.08. The Balaban J connectivity index is 0.000000261. The maximum Gasteiger partial charge on any atom is 0.136 e. The Morgan fingerprint density at radius 2 is 0.524 bits per heavy atom. The van der Waals surface area contributed by atoms with E-state index in [2.05, 4.69) is 16.0 Å². The van der Waals surface area contributed by atoms with Crippen LogP contribution in [0.1, 0.15) is 0 Å². The molecule has 4 aromatic carbocycles. The SMILES string of the molecule is Oc1c2cccc1-c1ccc(cc1)OCCOCCOCCOCCOCCOCCOCCOc1ccc-2cc1.[Pt].[c-]1c2cccc1-c1ccc(cn1)OCCOCCOCCOCCOCCOCCOCCOc1ccc-2nc1. The van der Waals surface area contributed by atoms with Crippen molar-refractivity contribution in [1.82, 2.24) is 9.97 Å². The molecule has 6 aliphatic rings. The zero-order valence-electron chi connectivity index (χ0n) is 46.5. The number of hydrogen-bond donors (Lipinski definition) is 1. The van der Waals surface area contributed by atoms with Gasteiger partial charge in [0.05, 0.1) is 171 Å². The summed E-state index contributed by atoms with van der Waals surface area (Å²) in [5.74, 6) is 3.05. The van der Waals surface area contributed by atoms with E-state index in [4.69, 9.17) is 75.8 Å². The molecule has 20 heteroatoms. The van der Waals surface area contributed by atoms with Crippen LogP contribution in [0, 0.1) is 6.07 Å². The van der Waals surface area contributed by atoms with Crippen LogP contribution in [0.4, 0.5) is 0 Å². The van der Waals surface area contributed by atoms with Crippen LogP contribution in [0.3, 0.4) is 0 Å². The van der Waals surface area contributed by atoms with Crippen molar-refractivity contribution in [2.75, 3.05) is 185 Å². The average Bonchev–Trinajstić information content (AvgIpc) is 3.71. The first-order valence-corrected chi connectivity index (χ1v) is 27.6. The molecule has 0 unspecified atom stereocenters. The molecule has 0 spiro atoms. The van der Waals surface area contributed by atoms with E-state index in [9.17, 15) is 5.11 Å². The van der Waals surface area contributed by atoms with Gasteiger partial charge in [0.2, 0.25) is 0 Å². The number of aromatic hydroxyl groups is 1. The third-order valence-electron chi connectivity index (χ3n) is 11.9. The van der Waals surface area contributed by atoms with E-state index in [1.165, 1.54) is 0 Å². The summed E-state index contributed by atoms with van der Waals surface area (Å²) in [5.41, 5.74) is 6.63. The van der Waals surface area contributed by atoms with Gasteiger partial charge >= 0.3 is 0 Å². The van der Waals surface area contributed by atoms with Gasteiger partial charge in [-0.15, -0.1) is 24.3 Å². The molecule has 448 valence electrons. The maximum atomic E-state index is 11.1. The van der Waals surface area contributed by atoms with Crippen LogP contribution in [-0.4, -0.2) is 200 Å². The smallest absolute Gasteiger partial charge is 0.136 e. The van der Waals surface area contributed by atoms with Crippen LogP contribution >= 0.6 is 0 Å². The summed E-state index contributed by atoms with van der Waals surface area (Å²) >= 11 is 0. The Labute approximate surface area is 495 Å². The zero-order chi connectivity index (χ0) is 55.9.